The van der Waals surface area contributed by atoms with Gasteiger partial charge in [-0.2, -0.15) is 0 Å². The van der Waals surface area contributed by atoms with Gasteiger partial charge in [-0.3, -0.25) is 9.69 Å². The van der Waals surface area contributed by atoms with Crippen LogP contribution in [0.15, 0.2) is 12.1 Å². The normalized spacial score (nSPS) is 26.8. The van der Waals surface area contributed by atoms with E-state index in [0.717, 1.165) is 64.8 Å². The van der Waals surface area contributed by atoms with Gasteiger partial charge in [-0.25, -0.2) is 0 Å². The fraction of sp³-hybridized carbons (Fsp3) is 0.762. The van der Waals surface area contributed by atoms with Crippen molar-refractivity contribution in [3.63, 3.8) is 0 Å². The number of aliphatic hydroxyl groups is 1. The average Bonchev–Trinajstić information content (AvgIpc) is 3.01. The van der Waals surface area contributed by atoms with Crippen molar-refractivity contribution in [1.29, 1.82) is 0 Å². The summed E-state index contributed by atoms with van der Waals surface area (Å²) in [5.41, 5.74) is 0.243. The lowest BCUT2D eigenvalue weighted by Crippen LogP contribution is -2.55. The van der Waals surface area contributed by atoms with Gasteiger partial charge >= 0.3 is 0 Å². The van der Waals surface area contributed by atoms with Gasteiger partial charge in [0.25, 0.3) is 0 Å². The van der Waals surface area contributed by atoms with Gasteiger partial charge in [-0.05, 0) is 69.7 Å². The fourth-order valence-corrected chi connectivity index (χ4v) is 6.02. The van der Waals surface area contributed by atoms with E-state index in [0.29, 0.717) is 5.91 Å². The van der Waals surface area contributed by atoms with Crippen LogP contribution in [0.1, 0.15) is 48.3 Å². The van der Waals surface area contributed by atoms with Gasteiger partial charge in [0.1, 0.15) is 0 Å². The zero-order valence-corrected chi connectivity index (χ0v) is 16.8. The van der Waals surface area contributed by atoms with Crippen LogP contribution >= 0.6 is 11.3 Å². The summed E-state index contributed by atoms with van der Waals surface area (Å²) in [4.78, 5) is 20.1. The number of piperidine rings is 2. The number of likely N-dealkylation sites (tertiary alicyclic amines) is 2. The summed E-state index contributed by atoms with van der Waals surface area (Å²) in [6.07, 6.45) is 6.74. The summed E-state index contributed by atoms with van der Waals surface area (Å²) in [5.74, 6) is 0.890. The van der Waals surface area contributed by atoms with Crippen molar-refractivity contribution in [3.05, 3.63) is 21.9 Å². The maximum Gasteiger partial charge on any atom is 0.225 e. The smallest absolute Gasteiger partial charge is 0.225 e. The maximum atomic E-state index is 12.6. The highest BCUT2D eigenvalue weighted by molar-refractivity contribution is 7.11. The first kappa shape index (κ1) is 18.5. The molecular weight excluding hydrogens is 344 g/mol. The van der Waals surface area contributed by atoms with Gasteiger partial charge in [0, 0.05) is 47.8 Å². The number of thiophene rings is 1. The third kappa shape index (κ3) is 3.58. The Kier molecular flexibility index (Phi) is 5.40. The molecule has 1 spiro atoms. The molecule has 2 aliphatic heterocycles. The largest absolute Gasteiger partial charge is 0.396 e. The highest BCUT2D eigenvalue weighted by Gasteiger charge is 2.46. The zero-order valence-electron chi connectivity index (χ0n) is 16.0. The van der Waals surface area contributed by atoms with E-state index in [1.54, 1.807) is 0 Å². The van der Waals surface area contributed by atoms with Crippen LogP contribution in [0.4, 0.5) is 0 Å². The topological polar surface area (TPSA) is 43.8 Å². The van der Waals surface area contributed by atoms with Crippen molar-refractivity contribution >= 4 is 17.2 Å². The van der Waals surface area contributed by atoms with Gasteiger partial charge in [-0.1, -0.05) is 6.42 Å². The van der Waals surface area contributed by atoms with Gasteiger partial charge in [0.15, 0.2) is 0 Å². The predicted molar refractivity (Wildman–Crippen MR) is 105 cm³/mol. The minimum absolute atomic E-state index is 0.221. The van der Waals surface area contributed by atoms with Gasteiger partial charge in [-0.15, -0.1) is 11.3 Å². The molecule has 1 atom stereocenters. The molecule has 1 aromatic rings. The Labute approximate surface area is 161 Å². The minimum atomic E-state index is 0.221. The molecule has 1 N–H and O–H groups in total. The minimum Gasteiger partial charge on any atom is -0.396 e. The van der Waals surface area contributed by atoms with E-state index in [9.17, 15) is 9.90 Å². The van der Waals surface area contributed by atoms with Crippen LogP contribution in [0.3, 0.4) is 0 Å². The van der Waals surface area contributed by atoms with E-state index in [2.05, 4.69) is 28.9 Å². The van der Waals surface area contributed by atoms with Crippen LogP contribution < -0.4 is 0 Å². The quantitative estimate of drug-likeness (QED) is 0.877. The first-order valence-corrected chi connectivity index (χ1v) is 11.1. The molecule has 2 saturated heterocycles. The summed E-state index contributed by atoms with van der Waals surface area (Å²) in [6, 6.07) is 4.47. The Bertz CT molecular complexity index is 632. The standard InChI is InChI=1S/C21H32N2O2S/c1-16-5-6-19(26-16)14-22-10-7-21(8-11-22)9-12-23(13-18(21)15-24)20(25)17-3-2-4-17/h5-6,17-18,24H,2-4,7-15H2,1H3. The average molecular weight is 377 g/mol. The molecule has 1 aromatic heterocycles. The summed E-state index contributed by atoms with van der Waals surface area (Å²) >= 11 is 1.90. The number of aliphatic hydroxyl groups excluding tert-OH is 1. The van der Waals surface area contributed by atoms with E-state index in [4.69, 9.17) is 0 Å². The number of carbonyl (C=O) groups excluding carboxylic acids is 1. The first-order chi connectivity index (χ1) is 12.6. The Balaban J connectivity index is 1.34. The molecule has 1 unspecified atom stereocenters. The van der Waals surface area contributed by atoms with Crippen LogP contribution in [0.2, 0.25) is 0 Å². The summed E-state index contributed by atoms with van der Waals surface area (Å²) in [7, 11) is 0. The molecule has 0 aromatic carbocycles. The number of amides is 1. The second-order valence-corrected chi connectivity index (χ2v) is 10.1. The number of nitrogens with zero attached hydrogens (tertiary/aromatic N) is 2. The Morgan fingerprint density at radius 2 is 1.96 bits per heavy atom. The highest BCUT2D eigenvalue weighted by Crippen LogP contribution is 2.46. The molecule has 4 nitrogen and oxygen atoms in total. The Hall–Kier alpha value is -0.910. The number of rotatable bonds is 4. The molecule has 5 heteroatoms. The second kappa shape index (κ2) is 7.61. The monoisotopic (exact) mass is 376 g/mol. The van der Waals surface area contributed by atoms with E-state index in [1.165, 1.54) is 16.2 Å². The van der Waals surface area contributed by atoms with E-state index in [-0.39, 0.29) is 23.9 Å². The highest BCUT2D eigenvalue weighted by atomic mass is 32.1. The molecule has 3 fully saturated rings. The molecule has 0 bridgehead atoms. The summed E-state index contributed by atoms with van der Waals surface area (Å²) in [5, 5.41) is 10.1. The van der Waals surface area contributed by atoms with Crippen molar-refractivity contribution in [2.24, 2.45) is 17.3 Å². The Morgan fingerprint density at radius 3 is 2.54 bits per heavy atom. The molecule has 144 valence electrons. The van der Waals surface area contributed by atoms with E-state index in [1.807, 2.05) is 11.3 Å². The predicted octanol–water partition coefficient (Wildman–Crippen LogP) is 3.28. The van der Waals surface area contributed by atoms with E-state index >= 15 is 0 Å². The van der Waals surface area contributed by atoms with Gasteiger partial charge in [0.2, 0.25) is 5.91 Å². The van der Waals surface area contributed by atoms with Crippen molar-refractivity contribution in [3.8, 4) is 0 Å². The van der Waals surface area contributed by atoms with Crippen LogP contribution in [-0.4, -0.2) is 53.6 Å². The molecule has 3 heterocycles. The first-order valence-electron chi connectivity index (χ1n) is 10.3. The van der Waals surface area contributed by atoms with Gasteiger partial charge in [0.05, 0.1) is 0 Å². The van der Waals surface area contributed by atoms with E-state index < -0.39 is 0 Å². The molecule has 4 rings (SSSR count). The molecule has 1 amide bonds. The van der Waals surface area contributed by atoms with Crippen molar-refractivity contribution < 1.29 is 9.90 Å². The molecule has 3 aliphatic rings. The van der Waals surface area contributed by atoms with Crippen LogP contribution in [-0.2, 0) is 11.3 Å². The number of aryl methyl sites for hydroxylation is 1. The Morgan fingerprint density at radius 1 is 1.23 bits per heavy atom. The second-order valence-electron chi connectivity index (χ2n) is 8.69. The third-order valence-corrected chi connectivity index (χ3v) is 8.19. The number of hydrogen-bond donors (Lipinski definition) is 1. The van der Waals surface area contributed by atoms with Crippen molar-refractivity contribution in [2.45, 2.75) is 52.0 Å². The molecule has 26 heavy (non-hydrogen) atoms. The summed E-state index contributed by atoms with van der Waals surface area (Å²) < 4.78 is 0. The van der Waals surface area contributed by atoms with Crippen LogP contribution in [0.5, 0.6) is 0 Å². The SMILES string of the molecule is Cc1ccc(CN2CCC3(CC2)CCN(C(=O)C2CCC2)CC3CO)s1. The zero-order chi connectivity index (χ0) is 18.1. The van der Waals surface area contributed by atoms with Gasteiger partial charge < -0.3 is 10.0 Å². The molecule has 1 aliphatic carbocycles. The maximum absolute atomic E-state index is 12.6. The fourth-order valence-electron chi connectivity index (χ4n) is 5.08. The third-order valence-electron chi connectivity index (χ3n) is 7.20. The van der Waals surface area contributed by atoms with Crippen molar-refractivity contribution in [2.75, 3.05) is 32.8 Å². The summed E-state index contributed by atoms with van der Waals surface area (Å²) in [6.45, 7) is 7.35. The number of carbonyl (C=O) groups is 1. The number of hydrogen-bond acceptors (Lipinski definition) is 4. The molecular formula is C21H32N2O2S. The molecule has 0 radical (unpaired) electrons. The lowest BCUT2D eigenvalue weighted by molar-refractivity contribution is -0.145. The van der Waals surface area contributed by atoms with Crippen molar-refractivity contribution in [1.82, 2.24) is 9.80 Å². The van der Waals surface area contributed by atoms with Crippen LogP contribution in [0, 0.1) is 24.2 Å². The lowest BCUT2D eigenvalue weighted by Gasteiger charge is -2.52. The van der Waals surface area contributed by atoms with Crippen LogP contribution in [0.25, 0.3) is 0 Å². The molecule has 1 saturated carbocycles. The lowest BCUT2D eigenvalue weighted by atomic mass is 9.64.